The molecular formula is C15H15ClN2O3. The van der Waals surface area contributed by atoms with Crippen molar-refractivity contribution < 1.29 is 14.0 Å². The number of amides is 2. The van der Waals surface area contributed by atoms with Crippen LogP contribution in [0.4, 0.5) is 5.69 Å². The standard InChI is InChI=1S/C15H15ClN2O3/c1-9(2)17-14(19)10-4-3-5-11(8-10)18-15(20)12-6-7-21-13(12)16/h3-9H,1-2H3,(H,17,19)(H,18,20). The first-order valence-electron chi connectivity index (χ1n) is 6.42. The number of anilines is 1. The van der Waals surface area contributed by atoms with Crippen molar-refractivity contribution in [1.29, 1.82) is 0 Å². The van der Waals surface area contributed by atoms with Crippen LogP contribution in [0.5, 0.6) is 0 Å². The Balaban J connectivity index is 2.13. The molecule has 110 valence electrons. The predicted molar refractivity (Wildman–Crippen MR) is 80.7 cm³/mol. The molecule has 2 rings (SSSR count). The highest BCUT2D eigenvalue weighted by Crippen LogP contribution is 2.19. The molecule has 0 spiro atoms. The molecule has 2 N–H and O–H groups in total. The minimum absolute atomic E-state index is 0.0289. The highest BCUT2D eigenvalue weighted by atomic mass is 35.5. The Morgan fingerprint density at radius 3 is 2.57 bits per heavy atom. The van der Waals surface area contributed by atoms with Crippen molar-refractivity contribution in [2.75, 3.05) is 5.32 Å². The van der Waals surface area contributed by atoms with Crippen LogP contribution in [0.25, 0.3) is 0 Å². The summed E-state index contributed by atoms with van der Waals surface area (Å²) in [4.78, 5) is 23.9. The summed E-state index contributed by atoms with van der Waals surface area (Å²) < 4.78 is 4.87. The Kier molecular flexibility index (Phi) is 4.65. The fourth-order valence-electron chi connectivity index (χ4n) is 1.74. The average molecular weight is 307 g/mol. The van der Waals surface area contributed by atoms with Crippen LogP contribution in [0, 0.1) is 0 Å². The van der Waals surface area contributed by atoms with Gasteiger partial charge in [0, 0.05) is 17.3 Å². The number of hydrogen-bond acceptors (Lipinski definition) is 3. The normalized spacial score (nSPS) is 10.5. The lowest BCUT2D eigenvalue weighted by atomic mass is 10.1. The van der Waals surface area contributed by atoms with Crippen molar-refractivity contribution in [3.63, 3.8) is 0 Å². The van der Waals surface area contributed by atoms with Gasteiger partial charge in [-0.25, -0.2) is 0 Å². The third kappa shape index (κ3) is 3.86. The molecule has 0 unspecified atom stereocenters. The van der Waals surface area contributed by atoms with Gasteiger partial charge in [0.2, 0.25) is 5.22 Å². The summed E-state index contributed by atoms with van der Waals surface area (Å²) in [6.07, 6.45) is 1.34. The lowest BCUT2D eigenvalue weighted by Gasteiger charge is -2.10. The van der Waals surface area contributed by atoms with E-state index in [9.17, 15) is 9.59 Å². The van der Waals surface area contributed by atoms with Gasteiger partial charge in [0.1, 0.15) is 0 Å². The van der Waals surface area contributed by atoms with Gasteiger partial charge >= 0.3 is 0 Å². The number of furan rings is 1. The minimum Gasteiger partial charge on any atom is -0.452 e. The zero-order valence-corrected chi connectivity index (χ0v) is 12.4. The van der Waals surface area contributed by atoms with E-state index in [-0.39, 0.29) is 22.7 Å². The molecule has 1 aromatic carbocycles. The van der Waals surface area contributed by atoms with Gasteiger partial charge in [0.05, 0.1) is 11.8 Å². The molecule has 1 aromatic heterocycles. The van der Waals surface area contributed by atoms with E-state index >= 15 is 0 Å². The van der Waals surface area contributed by atoms with Crippen LogP contribution in [0.3, 0.4) is 0 Å². The summed E-state index contributed by atoms with van der Waals surface area (Å²) in [5.41, 5.74) is 1.22. The summed E-state index contributed by atoms with van der Waals surface area (Å²) in [6, 6.07) is 8.19. The molecule has 2 aromatic rings. The van der Waals surface area contributed by atoms with E-state index in [0.717, 1.165) is 0 Å². The van der Waals surface area contributed by atoms with E-state index < -0.39 is 5.91 Å². The van der Waals surface area contributed by atoms with Crippen LogP contribution >= 0.6 is 11.6 Å². The van der Waals surface area contributed by atoms with Crippen LogP contribution in [-0.4, -0.2) is 17.9 Å². The number of carbonyl (C=O) groups is 2. The number of carbonyl (C=O) groups excluding carboxylic acids is 2. The maximum atomic E-state index is 12.0. The second-order valence-corrected chi connectivity index (χ2v) is 5.11. The van der Waals surface area contributed by atoms with Crippen molar-refractivity contribution in [2.24, 2.45) is 0 Å². The molecule has 0 saturated carbocycles. The summed E-state index contributed by atoms with van der Waals surface area (Å²) >= 11 is 5.75. The van der Waals surface area contributed by atoms with E-state index in [1.165, 1.54) is 12.3 Å². The van der Waals surface area contributed by atoms with Crippen molar-refractivity contribution in [3.8, 4) is 0 Å². The number of rotatable bonds is 4. The van der Waals surface area contributed by atoms with Crippen molar-refractivity contribution >= 4 is 29.1 Å². The summed E-state index contributed by atoms with van der Waals surface area (Å²) in [7, 11) is 0. The third-order valence-corrected chi connectivity index (χ3v) is 2.96. The van der Waals surface area contributed by atoms with Crippen LogP contribution in [0.2, 0.25) is 5.22 Å². The lowest BCUT2D eigenvalue weighted by molar-refractivity contribution is 0.0941. The largest absolute Gasteiger partial charge is 0.452 e. The lowest BCUT2D eigenvalue weighted by Crippen LogP contribution is -2.30. The number of halogens is 1. The molecule has 0 atom stereocenters. The molecule has 0 aliphatic heterocycles. The molecule has 2 amide bonds. The fourth-order valence-corrected chi connectivity index (χ4v) is 1.94. The van der Waals surface area contributed by atoms with Gasteiger partial charge in [-0.3, -0.25) is 9.59 Å². The molecule has 0 saturated heterocycles. The first-order valence-corrected chi connectivity index (χ1v) is 6.80. The Hall–Kier alpha value is -2.27. The second kappa shape index (κ2) is 6.45. The van der Waals surface area contributed by atoms with E-state index in [1.807, 2.05) is 13.8 Å². The second-order valence-electron chi connectivity index (χ2n) is 4.77. The van der Waals surface area contributed by atoms with Gasteiger partial charge in [-0.2, -0.15) is 0 Å². The van der Waals surface area contributed by atoms with E-state index in [1.54, 1.807) is 24.3 Å². The van der Waals surface area contributed by atoms with Crippen molar-refractivity contribution in [2.45, 2.75) is 19.9 Å². The summed E-state index contributed by atoms with van der Waals surface area (Å²) in [5, 5.41) is 5.49. The highest BCUT2D eigenvalue weighted by molar-refractivity contribution is 6.32. The van der Waals surface area contributed by atoms with Gasteiger partial charge in [-0.1, -0.05) is 6.07 Å². The molecule has 0 aliphatic carbocycles. The average Bonchev–Trinajstić information content (AvgIpc) is 2.84. The quantitative estimate of drug-likeness (QED) is 0.910. The smallest absolute Gasteiger partial charge is 0.260 e. The predicted octanol–water partition coefficient (Wildman–Crippen LogP) is 3.32. The molecule has 6 heteroatoms. The Morgan fingerprint density at radius 1 is 1.19 bits per heavy atom. The Bertz CT molecular complexity index is 664. The topological polar surface area (TPSA) is 71.3 Å². The highest BCUT2D eigenvalue weighted by Gasteiger charge is 2.14. The van der Waals surface area contributed by atoms with Crippen LogP contribution < -0.4 is 10.6 Å². The maximum Gasteiger partial charge on any atom is 0.260 e. The zero-order chi connectivity index (χ0) is 15.4. The molecule has 0 aliphatic rings. The van der Waals surface area contributed by atoms with Crippen LogP contribution in [0.1, 0.15) is 34.6 Å². The molecule has 5 nitrogen and oxygen atoms in total. The molecule has 1 heterocycles. The monoisotopic (exact) mass is 306 g/mol. The molecular weight excluding hydrogens is 292 g/mol. The van der Waals surface area contributed by atoms with E-state index in [2.05, 4.69) is 10.6 Å². The first kappa shape index (κ1) is 15.1. The van der Waals surface area contributed by atoms with Gasteiger partial charge in [0.25, 0.3) is 11.8 Å². The summed E-state index contributed by atoms with van der Waals surface area (Å²) in [5.74, 6) is -0.586. The summed E-state index contributed by atoms with van der Waals surface area (Å²) in [6.45, 7) is 3.76. The van der Waals surface area contributed by atoms with Crippen LogP contribution in [0.15, 0.2) is 41.0 Å². The minimum atomic E-state index is -0.393. The fraction of sp³-hybridized carbons (Fsp3) is 0.200. The van der Waals surface area contributed by atoms with E-state index in [0.29, 0.717) is 11.3 Å². The number of nitrogens with one attached hydrogen (secondary N) is 2. The van der Waals surface area contributed by atoms with Gasteiger partial charge in [0.15, 0.2) is 0 Å². The Morgan fingerprint density at radius 2 is 1.95 bits per heavy atom. The van der Waals surface area contributed by atoms with Gasteiger partial charge < -0.3 is 15.1 Å². The Labute approximate surface area is 127 Å². The molecule has 0 fully saturated rings. The zero-order valence-electron chi connectivity index (χ0n) is 11.6. The van der Waals surface area contributed by atoms with Gasteiger partial charge in [-0.15, -0.1) is 0 Å². The van der Waals surface area contributed by atoms with E-state index in [4.69, 9.17) is 16.0 Å². The molecule has 21 heavy (non-hydrogen) atoms. The maximum absolute atomic E-state index is 12.0. The number of hydrogen-bond donors (Lipinski definition) is 2. The van der Waals surface area contributed by atoms with Crippen LogP contribution in [-0.2, 0) is 0 Å². The molecule has 0 bridgehead atoms. The SMILES string of the molecule is CC(C)NC(=O)c1cccc(NC(=O)c2ccoc2Cl)c1. The molecule has 0 radical (unpaired) electrons. The van der Waals surface area contributed by atoms with Crippen molar-refractivity contribution in [3.05, 3.63) is 52.9 Å². The third-order valence-electron chi connectivity index (χ3n) is 2.66. The van der Waals surface area contributed by atoms with Gasteiger partial charge in [-0.05, 0) is 49.7 Å². The number of benzene rings is 1. The van der Waals surface area contributed by atoms with Crippen molar-refractivity contribution in [1.82, 2.24) is 5.32 Å². The first-order chi connectivity index (χ1) is 9.97.